The molecule has 0 unspecified atom stereocenters. The largest absolute Gasteiger partial charge is 1.00 e. The second-order valence-electron chi connectivity index (χ2n) is 2.48. The van der Waals surface area contributed by atoms with Crippen LogP contribution < -0.4 is 29.6 Å². The molecule has 0 bridgehead atoms. The van der Waals surface area contributed by atoms with Crippen LogP contribution >= 0.6 is 0 Å². The Kier molecular flexibility index (Phi) is 5.99. The molecular formula is C9H11NaO3. The number of benzene rings is 1. The predicted molar refractivity (Wildman–Crippen MR) is 45.3 cm³/mol. The molecular weight excluding hydrogens is 179 g/mol. The Hall–Kier alpha value is -0.350. The molecule has 0 aliphatic rings. The SMILES string of the molecule is O=C(O)c1ccc(CCO)cc1.[H-].[Na+]. The summed E-state index contributed by atoms with van der Waals surface area (Å²) >= 11 is 0. The molecule has 0 saturated heterocycles. The summed E-state index contributed by atoms with van der Waals surface area (Å²) < 4.78 is 0. The van der Waals surface area contributed by atoms with Crippen LogP contribution in [0, 0.1) is 0 Å². The molecule has 0 fully saturated rings. The van der Waals surface area contributed by atoms with Crippen LogP contribution in [0.3, 0.4) is 0 Å². The van der Waals surface area contributed by atoms with Crippen molar-refractivity contribution < 1.29 is 46.0 Å². The molecule has 1 aromatic carbocycles. The number of hydrogen-bond acceptors (Lipinski definition) is 2. The number of rotatable bonds is 3. The van der Waals surface area contributed by atoms with Gasteiger partial charge >= 0.3 is 35.5 Å². The van der Waals surface area contributed by atoms with Gasteiger partial charge in [0, 0.05) is 6.61 Å². The van der Waals surface area contributed by atoms with Crippen LogP contribution in [0.1, 0.15) is 17.3 Å². The number of carboxylic acids is 1. The van der Waals surface area contributed by atoms with E-state index in [2.05, 4.69) is 0 Å². The van der Waals surface area contributed by atoms with Gasteiger partial charge in [-0.3, -0.25) is 0 Å². The predicted octanol–water partition coefficient (Wildman–Crippen LogP) is -1.96. The van der Waals surface area contributed by atoms with Crippen LogP contribution in [-0.2, 0) is 6.42 Å². The average molecular weight is 190 g/mol. The molecule has 0 aromatic heterocycles. The van der Waals surface area contributed by atoms with Gasteiger partial charge in [-0.1, -0.05) is 12.1 Å². The van der Waals surface area contributed by atoms with Gasteiger partial charge < -0.3 is 11.6 Å². The van der Waals surface area contributed by atoms with Crippen LogP contribution in [0.5, 0.6) is 0 Å². The van der Waals surface area contributed by atoms with Gasteiger partial charge in [0.25, 0.3) is 0 Å². The van der Waals surface area contributed by atoms with Gasteiger partial charge in [0.15, 0.2) is 0 Å². The molecule has 0 saturated carbocycles. The van der Waals surface area contributed by atoms with E-state index in [-0.39, 0.29) is 43.2 Å². The van der Waals surface area contributed by atoms with Crippen molar-refractivity contribution in [2.24, 2.45) is 0 Å². The minimum atomic E-state index is -0.925. The van der Waals surface area contributed by atoms with Gasteiger partial charge in [-0.15, -0.1) is 0 Å². The molecule has 0 aliphatic heterocycles. The third-order valence-electron chi connectivity index (χ3n) is 1.60. The van der Waals surface area contributed by atoms with Crippen molar-refractivity contribution in [3.8, 4) is 0 Å². The fourth-order valence-electron chi connectivity index (χ4n) is 0.943. The Labute approximate surface area is 100 Å². The summed E-state index contributed by atoms with van der Waals surface area (Å²) in [6.45, 7) is 0.0897. The maximum Gasteiger partial charge on any atom is 1.00 e. The molecule has 4 heteroatoms. The molecule has 1 rings (SSSR count). The smallest absolute Gasteiger partial charge is 1.00 e. The number of aliphatic hydroxyl groups excluding tert-OH is 1. The van der Waals surface area contributed by atoms with Crippen molar-refractivity contribution in [2.45, 2.75) is 6.42 Å². The van der Waals surface area contributed by atoms with E-state index < -0.39 is 5.97 Å². The van der Waals surface area contributed by atoms with E-state index in [1.807, 2.05) is 0 Å². The molecule has 0 heterocycles. The second kappa shape index (κ2) is 6.16. The van der Waals surface area contributed by atoms with Crippen molar-refractivity contribution in [1.29, 1.82) is 0 Å². The van der Waals surface area contributed by atoms with E-state index in [9.17, 15) is 4.79 Å². The summed E-state index contributed by atoms with van der Waals surface area (Å²) in [5.41, 5.74) is 1.22. The fraction of sp³-hybridized carbons (Fsp3) is 0.222. The molecule has 0 amide bonds. The van der Waals surface area contributed by atoms with Crippen molar-refractivity contribution in [3.05, 3.63) is 35.4 Å². The second-order valence-corrected chi connectivity index (χ2v) is 2.48. The van der Waals surface area contributed by atoms with E-state index >= 15 is 0 Å². The maximum absolute atomic E-state index is 10.4. The van der Waals surface area contributed by atoms with Gasteiger partial charge in [-0.25, -0.2) is 4.79 Å². The molecule has 0 spiro atoms. The zero-order valence-corrected chi connectivity index (χ0v) is 9.53. The summed E-state index contributed by atoms with van der Waals surface area (Å²) in [5, 5.41) is 17.1. The normalized spacial score (nSPS) is 9.00. The van der Waals surface area contributed by atoms with Crippen LogP contribution in [0.4, 0.5) is 0 Å². The molecule has 3 nitrogen and oxygen atoms in total. The summed E-state index contributed by atoms with van der Waals surface area (Å²) in [6.07, 6.45) is 0.569. The van der Waals surface area contributed by atoms with Gasteiger partial charge in [0.1, 0.15) is 0 Å². The number of hydrogen-bond donors (Lipinski definition) is 2. The van der Waals surface area contributed by atoms with E-state index in [1.54, 1.807) is 12.1 Å². The van der Waals surface area contributed by atoms with E-state index in [4.69, 9.17) is 10.2 Å². The van der Waals surface area contributed by atoms with Crippen molar-refractivity contribution in [1.82, 2.24) is 0 Å². The minimum Gasteiger partial charge on any atom is -1.00 e. The Morgan fingerprint density at radius 2 is 1.85 bits per heavy atom. The summed E-state index contributed by atoms with van der Waals surface area (Å²) in [7, 11) is 0. The van der Waals surface area contributed by atoms with E-state index in [1.165, 1.54) is 12.1 Å². The molecule has 13 heavy (non-hydrogen) atoms. The van der Waals surface area contributed by atoms with Crippen molar-refractivity contribution in [3.63, 3.8) is 0 Å². The Balaban J connectivity index is 0. The summed E-state index contributed by atoms with van der Waals surface area (Å²) in [4.78, 5) is 10.4. The fourth-order valence-corrected chi connectivity index (χ4v) is 0.943. The van der Waals surface area contributed by atoms with Crippen molar-refractivity contribution >= 4 is 5.97 Å². The first-order valence-electron chi connectivity index (χ1n) is 3.67. The van der Waals surface area contributed by atoms with Gasteiger partial charge in [0.05, 0.1) is 5.56 Å². The zero-order valence-electron chi connectivity index (χ0n) is 8.53. The van der Waals surface area contributed by atoms with Gasteiger partial charge in [-0.2, -0.15) is 0 Å². The summed E-state index contributed by atoms with van der Waals surface area (Å²) in [6, 6.07) is 6.49. The number of aliphatic hydroxyl groups is 1. The van der Waals surface area contributed by atoms with Crippen LogP contribution in [-0.4, -0.2) is 22.8 Å². The minimum absolute atomic E-state index is 0. The quantitative estimate of drug-likeness (QED) is 0.544. The standard InChI is InChI=1S/C9H10O3.Na.H/c10-6-5-7-1-3-8(4-2-7)9(11)12;;/h1-4,10H,5-6H2,(H,11,12);;/q;+1;-1. The molecule has 0 atom stereocenters. The topological polar surface area (TPSA) is 57.5 Å². The first-order valence-corrected chi connectivity index (χ1v) is 3.67. The Bertz CT molecular complexity index is 274. The number of aromatic carboxylic acids is 1. The van der Waals surface area contributed by atoms with Crippen molar-refractivity contribution in [2.75, 3.05) is 6.61 Å². The molecule has 2 N–H and O–H groups in total. The maximum atomic E-state index is 10.4. The van der Waals surface area contributed by atoms with Crippen LogP contribution in [0.25, 0.3) is 0 Å². The van der Waals surface area contributed by atoms with Crippen LogP contribution in [0.15, 0.2) is 24.3 Å². The first kappa shape index (κ1) is 12.7. The molecule has 0 aliphatic carbocycles. The van der Waals surface area contributed by atoms with E-state index in [0.717, 1.165) is 5.56 Å². The summed E-state index contributed by atoms with van der Waals surface area (Å²) in [5.74, 6) is -0.925. The third kappa shape index (κ3) is 3.91. The monoisotopic (exact) mass is 190 g/mol. The number of carbonyl (C=O) groups is 1. The molecule has 66 valence electrons. The number of carboxylic acid groups (broad SMARTS) is 1. The average Bonchev–Trinajstić information content (AvgIpc) is 2.06. The molecule has 0 radical (unpaired) electrons. The Morgan fingerprint density at radius 3 is 2.23 bits per heavy atom. The van der Waals surface area contributed by atoms with Gasteiger partial charge in [-0.05, 0) is 24.1 Å². The van der Waals surface area contributed by atoms with E-state index in [0.29, 0.717) is 6.42 Å². The molecule has 1 aromatic rings. The Morgan fingerprint density at radius 1 is 1.31 bits per heavy atom. The zero-order chi connectivity index (χ0) is 8.97. The third-order valence-corrected chi connectivity index (χ3v) is 1.60. The first-order chi connectivity index (χ1) is 5.74. The van der Waals surface area contributed by atoms with Gasteiger partial charge in [0.2, 0.25) is 0 Å². The van der Waals surface area contributed by atoms with Crippen LogP contribution in [0.2, 0.25) is 0 Å².